The molecule has 0 saturated carbocycles. The van der Waals surface area contributed by atoms with Crippen LogP contribution in [0, 0.1) is 11.3 Å². The molecule has 5 heteroatoms. The molecule has 0 aliphatic carbocycles. The molecule has 1 rings (SSSR count). The van der Waals surface area contributed by atoms with Gasteiger partial charge in [0.15, 0.2) is 0 Å². The fraction of sp³-hybridized carbons (Fsp3) is 0.857. The highest BCUT2D eigenvalue weighted by Gasteiger charge is 2.20. The number of hydrogen-bond acceptors (Lipinski definition) is 4. The Hall–Kier alpha value is -1.12. The lowest BCUT2D eigenvalue weighted by Crippen LogP contribution is -2.44. The zero-order valence-corrected chi connectivity index (χ0v) is 12.2. The molecule has 1 aliphatic rings. The van der Waals surface area contributed by atoms with Crippen molar-refractivity contribution in [3.05, 3.63) is 0 Å². The Balaban J connectivity index is 2.38. The molecule has 1 fully saturated rings. The summed E-state index contributed by atoms with van der Waals surface area (Å²) in [5.74, 6) is 0.113. The van der Waals surface area contributed by atoms with E-state index in [0.29, 0.717) is 25.6 Å². The number of nitriles is 1. The Morgan fingerprint density at radius 1 is 1.47 bits per heavy atom. The zero-order chi connectivity index (χ0) is 14.1. The second-order valence-corrected chi connectivity index (χ2v) is 5.25. The molecule has 1 aliphatic heterocycles. The van der Waals surface area contributed by atoms with Crippen molar-refractivity contribution in [3.8, 4) is 6.07 Å². The van der Waals surface area contributed by atoms with Crippen molar-refractivity contribution in [2.75, 3.05) is 39.8 Å². The summed E-state index contributed by atoms with van der Waals surface area (Å²) in [6.07, 6.45) is 3.90. The minimum absolute atomic E-state index is 0.113. The van der Waals surface area contributed by atoms with Crippen LogP contribution in [-0.2, 0) is 4.79 Å². The Morgan fingerprint density at radius 2 is 2.26 bits per heavy atom. The van der Waals surface area contributed by atoms with E-state index in [-0.39, 0.29) is 5.91 Å². The molecule has 1 N–H and O–H groups in total. The van der Waals surface area contributed by atoms with Crippen LogP contribution in [-0.4, -0.2) is 61.5 Å². The van der Waals surface area contributed by atoms with Crippen molar-refractivity contribution >= 4 is 5.91 Å². The Bertz CT molecular complexity index is 307. The Kier molecular flexibility index (Phi) is 7.46. The van der Waals surface area contributed by atoms with E-state index in [4.69, 9.17) is 5.26 Å². The molecule has 1 unspecified atom stereocenters. The summed E-state index contributed by atoms with van der Waals surface area (Å²) in [6.45, 7) is 6.13. The maximum atomic E-state index is 12.1. The average Bonchev–Trinajstić information content (AvgIpc) is 2.88. The minimum Gasteiger partial charge on any atom is -0.344 e. The van der Waals surface area contributed by atoms with Gasteiger partial charge in [0, 0.05) is 26.2 Å². The van der Waals surface area contributed by atoms with E-state index >= 15 is 0 Å². The molecule has 1 atom stereocenters. The summed E-state index contributed by atoms with van der Waals surface area (Å²) < 4.78 is 0. The van der Waals surface area contributed by atoms with Crippen LogP contribution in [0.4, 0.5) is 0 Å². The van der Waals surface area contributed by atoms with Crippen LogP contribution in [0.3, 0.4) is 0 Å². The first-order chi connectivity index (χ1) is 9.17. The smallest absolute Gasteiger partial charge is 0.236 e. The van der Waals surface area contributed by atoms with Crippen LogP contribution in [0.15, 0.2) is 0 Å². The molecule has 0 bridgehead atoms. The van der Waals surface area contributed by atoms with Gasteiger partial charge in [0.25, 0.3) is 0 Å². The third-order valence-corrected chi connectivity index (χ3v) is 3.52. The molecule has 0 aromatic heterocycles. The number of carbonyl (C=O) groups is 1. The van der Waals surface area contributed by atoms with E-state index in [0.717, 1.165) is 26.1 Å². The highest BCUT2D eigenvalue weighted by molar-refractivity contribution is 5.78. The summed E-state index contributed by atoms with van der Waals surface area (Å²) in [4.78, 5) is 16.0. The Labute approximate surface area is 116 Å². The SMILES string of the molecule is CCCN(CC(=O)N(C)CCC#N)CC1CCCN1. The summed E-state index contributed by atoms with van der Waals surface area (Å²) in [5, 5.41) is 12.0. The highest BCUT2D eigenvalue weighted by atomic mass is 16.2. The van der Waals surface area contributed by atoms with Gasteiger partial charge in [-0.2, -0.15) is 5.26 Å². The number of hydrogen-bond donors (Lipinski definition) is 1. The quantitative estimate of drug-likeness (QED) is 0.707. The van der Waals surface area contributed by atoms with Gasteiger partial charge in [-0.1, -0.05) is 6.92 Å². The highest BCUT2D eigenvalue weighted by Crippen LogP contribution is 2.07. The lowest BCUT2D eigenvalue weighted by atomic mass is 10.2. The molecule has 108 valence electrons. The number of likely N-dealkylation sites (N-methyl/N-ethyl adjacent to an activating group) is 1. The van der Waals surface area contributed by atoms with E-state index in [9.17, 15) is 4.79 Å². The number of nitrogens with zero attached hydrogens (tertiary/aromatic N) is 3. The van der Waals surface area contributed by atoms with Gasteiger partial charge in [-0.3, -0.25) is 9.69 Å². The second-order valence-electron chi connectivity index (χ2n) is 5.25. The lowest BCUT2D eigenvalue weighted by molar-refractivity contribution is -0.131. The van der Waals surface area contributed by atoms with Gasteiger partial charge in [0.1, 0.15) is 0 Å². The topological polar surface area (TPSA) is 59.4 Å². The maximum absolute atomic E-state index is 12.1. The van der Waals surface area contributed by atoms with Gasteiger partial charge >= 0.3 is 0 Å². The molecule has 19 heavy (non-hydrogen) atoms. The zero-order valence-electron chi connectivity index (χ0n) is 12.2. The average molecular weight is 266 g/mol. The molecule has 1 amide bonds. The fourth-order valence-electron chi connectivity index (χ4n) is 2.43. The van der Waals surface area contributed by atoms with Crippen molar-refractivity contribution in [1.29, 1.82) is 5.26 Å². The monoisotopic (exact) mass is 266 g/mol. The summed E-state index contributed by atoms with van der Waals surface area (Å²) in [6, 6.07) is 2.60. The normalized spacial score (nSPS) is 18.5. The van der Waals surface area contributed by atoms with E-state index in [2.05, 4.69) is 23.2 Å². The largest absolute Gasteiger partial charge is 0.344 e. The fourth-order valence-corrected chi connectivity index (χ4v) is 2.43. The third-order valence-electron chi connectivity index (χ3n) is 3.52. The summed E-state index contributed by atoms with van der Waals surface area (Å²) in [7, 11) is 1.78. The lowest BCUT2D eigenvalue weighted by Gasteiger charge is -2.26. The van der Waals surface area contributed by atoms with Crippen LogP contribution in [0.2, 0.25) is 0 Å². The van der Waals surface area contributed by atoms with Crippen molar-refractivity contribution in [2.45, 2.75) is 38.6 Å². The van der Waals surface area contributed by atoms with Gasteiger partial charge in [-0.05, 0) is 32.4 Å². The molecule has 5 nitrogen and oxygen atoms in total. The van der Waals surface area contributed by atoms with Crippen molar-refractivity contribution < 1.29 is 4.79 Å². The van der Waals surface area contributed by atoms with Crippen LogP contribution in [0.25, 0.3) is 0 Å². The third kappa shape index (κ3) is 6.04. The summed E-state index contributed by atoms with van der Waals surface area (Å²) >= 11 is 0. The first kappa shape index (κ1) is 15.9. The molecule has 0 aromatic rings. The molecule has 1 saturated heterocycles. The molecule has 0 spiro atoms. The van der Waals surface area contributed by atoms with Gasteiger partial charge in [-0.15, -0.1) is 0 Å². The Morgan fingerprint density at radius 3 is 2.84 bits per heavy atom. The van der Waals surface area contributed by atoms with Gasteiger partial charge in [0.05, 0.1) is 19.0 Å². The van der Waals surface area contributed by atoms with E-state index in [1.807, 2.05) is 0 Å². The van der Waals surface area contributed by atoms with E-state index in [1.165, 1.54) is 12.8 Å². The van der Waals surface area contributed by atoms with Crippen LogP contribution < -0.4 is 5.32 Å². The second kappa shape index (κ2) is 8.89. The van der Waals surface area contributed by atoms with E-state index in [1.54, 1.807) is 11.9 Å². The first-order valence-corrected chi connectivity index (χ1v) is 7.24. The standard InChI is InChI=1S/C14H26N4O/c1-3-9-18(11-13-6-4-8-16-13)12-14(19)17(2)10-5-7-15/h13,16H,3-6,8-12H2,1-2H3. The molecule has 0 aromatic carbocycles. The van der Waals surface area contributed by atoms with Crippen LogP contribution in [0.5, 0.6) is 0 Å². The van der Waals surface area contributed by atoms with Crippen LogP contribution >= 0.6 is 0 Å². The summed E-state index contributed by atoms with van der Waals surface area (Å²) in [5.41, 5.74) is 0. The predicted octanol–water partition coefficient (Wildman–Crippen LogP) is 0.822. The molecule has 0 radical (unpaired) electrons. The molecular weight excluding hydrogens is 240 g/mol. The van der Waals surface area contributed by atoms with Gasteiger partial charge < -0.3 is 10.2 Å². The maximum Gasteiger partial charge on any atom is 0.236 e. The number of carbonyl (C=O) groups excluding carboxylic acids is 1. The van der Waals surface area contributed by atoms with Crippen molar-refractivity contribution in [3.63, 3.8) is 0 Å². The van der Waals surface area contributed by atoms with Crippen molar-refractivity contribution in [2.24, 2.45) is 0 Å². The van der Waals surface area contributed by atoms with Gasteiger partial charge in [-0.25, -0.2) is 0 Å². The van der Waals surface area contributed by atoms with Gasteiger partial charge in [0.2, 0.25) is 5.91 Å². The van der Waals surface area contributed by atoms with Crippen LogP contribution in [0.1, 0.15) is 32.6 Å². The van der Waals surface area contributed by atoms with E-state index < -0.39 is 0 Å². The number of nitrogens with one attached hydrogen (secondary N) is 1. The first-order valence-electron chi connectivity index (χ1n) is 7.24. The number of rotatable bonds is 8. The minimum atomic E-state index is 0.113. The molecule has 1 heterocycles. The predicted molar refractivity (Wildman–Crippen MR) is 75.6 cm³/mol. The molecular formula is C14H26N4O. The number of amides is 1. The van der Waals surface area contributed by atoms with Crippen molar-refractivity contribution in [1.82, 2.24) is 15.1 Å².